The summed E-state index contributed by atoms with van der Waals surface area (Å²) in [4.78, 5) is 15.7. The number of aromatic nitrogens is 1. The summed E-state index contributed by atoms with van der Waals surface area (Å²) in [5.74, 6) is 4.36. The quantitative estimate of drug-likeness (QED) is 0.817. The fourth-order valence-electron chi connectivity index (χ4n) is 1.55. The number of hydrogen-bond donors (Lipinski definition) is 2. The Morgan fingerprint density at radius 3 is 2.70 bits per heavy atom. The first kappa shape index (κ1) is 13.7. The Hall–Kier alpha value is -2.71. The second-order valence-corrected chi connectivity index (χ2v) is 3.89. The van der Waals surface area contributed by atoms with Crippen LogP contribution in [0, 0.1) is 17.7 Å². The molecule has 0 unspecified atom stereocenters. The van der Waals surface area contributed by atoms with Crippen LogP contribution in [0.2, 0.25) is 0 Å². The van der Waals surface area contributed by atoms with Gasteiger partial charge in [-0.1, -0.05) is 11.8 Å². The van der Waals surface area contributed by atoms with Gasteiger partial charge in [0.05, 0.1) is 12.1 Å². The van der Waals surface area contributed by atoms with E-state index in [0.29, 0.717) is 11.3 Å². The number of anilines is 1. The highest BCUT2D eigenvalue weighted by molar-refractivity contribution is 6.04. The van der Waals surface area contributed by atoms with E-state index in [0.717, 1.165) is 0 Å². The Bertz CT molecular complexity index is 675. The number of amides is 1. The SMILES string of the molecule is NCC#Cc1ccc(NC(=O)c2ccncc2)cc1F. The summed E-state index contributed by atoms with van der Waals surface area (Å²) in [6.07, 6.45) is 3.03. The fourth-order valence-corrected chi connectivity index (χ4v) is 1.55. The minimum atomic E-state index is -0.501. The number of rotatable bonds is 2. The summed E-state index contributed by atoms with van der Waals surface area (Å²) in [5.41, 5.74) is 6.29. The van der Waals surface area contributed by atoms with Crippen LogP contribution < -0.4 is 11.1 Å². The molecule has 0 saturated heterocycles. The fraction of sp³-hybridized carbons (Fsp3) is 0.0667. The number of halogens is 1. The van der Waals surface area contributed by atoms with E-state index in [9.17, 15) is 9.18 Å². The van der Waals surface area contributed by atoms with E-state index < -0.39 is 5.82 Å². The number of nitrogens with two attached hydrogens (primary N) is 1. The molecule has 0 aliphatic rings. The van der Waals surface area contributed by atoms with E-state index in [2.05, 4.69) is 22.1 Å². The Kier molecular flexibility index (Phi) is 4.43. The van der Waals surface area contributed by atoms with E-state index in [1.54, 1.807) is 18.2 Å². The van der Waals surface area contributed by atoms with Crippen molar-refractivity contribution < 1.29 is 9.18 Å². The highest BCUT2D eigenvalue weighted by atomic mass is 19.1. The number of carbonyl (C=O) groups is 1. The molecule has 0 spiro atoms. The average molecular weight is 269 g/mol. The molecule has 1 amide bonds. The van der Waals surface area contributed by atoms with Gasteiger partial charge in [0.15, 0.2) is 0 Å². The molecule has 1 aromatic heterocycles. The Labute approximate surface area is 115 Å². The summed E-state index contributed by atoms with van der Waals surface area (Å²) in [5, 5.41) is 2.60. The lowest BCUT2D eigenvalue weighted by atomic mass is 10.2. The Morgan fingerprint density at radius 1 is 1.30 bits per heavy atom. The highest BCUT2D eigenvalue weighted by Crippen LogP contribution is 2.14. The molecular weight excluding hydrogens is 257 g/mol. The predicted molar refractivity (Wildman–Crippen MR) is 74.5 cm³/mol. The van der Waals surface area contributed by atoms with Gasteiger partial charge in [0, 0.05) is 23.6 Å². The maximum absolute atomic E-state index is 13.7. The van der Waals surface area contributed by atoms with Crippen LogP contribution in [0.25, 0.3) is 0 Å². The molecule has 3 N–H and O–H groups in total. The third-order valence-corrected chi connectivity index (χ3v) is 2.49. The van der Waals surface area contributed by atoms with E-state index in [1.165, 1.54) is 24.5 Å². The van der Waals surface area contributed by atoms with E-state index in [1.807, 2.05) is 0 Å². The molecule has 20 heavy (non-hydrogen) atoms. The molecular formula is C15H12FN3O. The first-order valence-electron chi connectivity index (χ1n) is 5.90. The molecule has 0 saturated carbocycles. The number of carbonyl (C=O) groups excluding carboxylic acids is 1. The number of benzene rings is 1. The van der Waals surface area contributed by atoms with Crippen molar-refractivity contribution in [3.63, 3.8) is 0 Å². The molecule has 1 heterocycles. The second-order valence-electron chi connectivity index (χ2n) is 3.89. The van der Waals surface area contributed by atoms with Crippen LogP contribution in [0.1, 0.15) is 15.9 Å². The first-order chi connectivity index (χ1) is 9.70. The van der Waals surface area contributed by atoms with Crippen molar-refractivity contribution in [3.8, 4) is 11.8 Å². The van der Waals surface area contributed by atoms with Gasteiger partial charge in [-0.05, 0) is 30.3 Å². The second kappa shape index (κ2) is 6.45. The van der Waals surface area contributed by atoms with Crippen molar-refractivity contribution in [1.82, 2.24) is 4.98 Å². The summed E-state index contributed by atoms with van der Waals surface area (Å²) >= 11 is 0. The molecule has 100 valence electrons. The van der Waals surface area contributed by atoms with Gasteiger partial charge in [0.25, 0.3) is 5.91 Å². The van der Waals surface area contributed by atoms with Gasteiger partial charge in [-0.25, -0.2) is 4.39 Å². The Morgan fingerprint density at radius 2 is 2.05 bits per heavy atom. The molecule has 0 fully saturated rings. The predicted octanol–water partition coefficient (Wildman–Crippen LogP) is 1.78. The number of hydrogen-bond acceptors (Lipinski definition) is 3. The van der Waals surface area contributed by atoms with Gasteiger partial charge in [-0.15, -0.1) is 0 Å². The van der Waals surface area contributed by atoms with Crippen molar-refractivity contribution in [1.29, 1.82) is 0 Å². The molecule has 0 aliphatic heterocycles. The van der Waals surface area contributed by atoms with Gasteiger partial charge in [0.1, 0.15) is 5.82 Å². The molecule has 4 nitrogen and oxygen atoms in total. The van der Waals surface area contributed by atoms with Gasteiger partial charge in [-0.3, -0.25) is 9.78 Å². The lowest BCUT2D eigenvalue weighted by molar-refractivity contribution is 0.102. The zero-order valence-electron chi connectivity index (χ0n) is 10.6. The van der Waals surface area contributed by atoms with Crippen LogP contribution in [0.5, 0.6) is 0 Å². The molecule has 0 bridgehead atoms. The maximum atomic E-state index is 13.7. The summed E-state index contributed by atoms with van der Waals surface area (Å²) in [6, 6.07) is 7.46. The molecule has 2 aromatic rings. The molecule has 0 radical (unpaired) electrons. The number of nitrogens with one attached hydrogen (secondary N) is 1. The molecule has 2 rings (SSSR count). The molecule has 5 heteroatoms. The smallest absolute Gasteiger partial charge is 0.255 e. The summed E-state index contributed by atoms with van der Waals surface area (Å²) in [6.45, 7) is 0.167. The summed E-state index contributed by atoms with van der Waals surface area (Å²) in [7, 11) is 0. The van der Waals surface area contributed by atoms with Crippen molar-refractivity contribution >= 4 is 11.6 Å². The van der Waals surface area contributed by atoms with Crippen molar-refractivity contribution in [2.75, 3.05) is 11.9 Å². The van der Waals surface area contributed by atoms with Crippen LogP contribution in [-0.2, 0) is 0 Å². The normalized spacial score (nSPS) is 9.50. The molecule has 1 aromatic carbocycles. The molecule has 0 atom stereocenters. The number of nitrogens with zero attached hydrogens (tertiary/aromatic N) is 1. The van der Waals surface area contributed by atoms with Crippen LogP contribution in [0.15, 0.2) is 42.7 Å². The minimum Gasteiger partial charge on any atom is -0.322 e. The Balaban J connectivity index is 2.15. The van der Waals surface area contributed by atoms with E-state index in [-0.39, 0.29) is 18.0 Å². The highest BCUT2D eigenvalue weighted by Gasteiger charge is 2.07. The van der Waals surface area contributed by atoms with Crippen molar-refractivity contribution in [2.45, 2.75) is 0 Å². The van der Waals surface area contributed by atoms with Gasteiger partial charge in [-0.2, -0.15) is 0 Å². The van der Waals surface area contributed by atoms with Crippen molar-refractivity contribution in [3.05, 3.63) is 59.7 Å². The van der Waals surface area contributed by atoms with Crippen LogP contribution >= 0.6 is 0 Å². The van der Waals surface area contributed by atoms with Crippen LogP contribution in [0.3, 0.4) is 0 Å². The topological polar surface area (TPSA) is 68.0 Å². The lowest BCUT2D eigenvalue weighted by Crippen LogP contribution is -2.12. The van der Waals surface area contributed by atoms with Crippen LogP contribution in [-0.4, -0.2) is 17.4 Å². The van der Waals surface area contributed by atoms with E-state index in [4.69, 9.17) is 5.73 Å². The zero-order chi connectivity index (χ0) is 14.4. The monoisotopic (exact) mass is 269 g/mol. The standard InChI is InChI=1S/C15H12FN3O/c16-14-10-13(4-3-11(14)2-1-7-17)19-15(20)12-5-8-18-9-6-12/h3-6,8-10H,7,17H2,(H,19,20). The zero-order valence-corrected chi connectivity index (χ0v) is 10.6. The van der Waals surface area contributed by atoms with Gasteiger partial charge >= 0.3 is 0 Å². The largest absolute Gasteiger partial charge is 0.322 e. The van der Waals surface area contributed by atoms with Gasteiger partial charge in [0.2, 0.25) is 0 Å². The first-order valence-corrected chi connectivity index (χ1v) is 5.90. The third kappa shape index (κ3) is 3.40. The lowest BCUT2D eigenvalue weighted by Gasteiger charge is -2.05. The third-order valence-electron chi connectivity index (χ3n) is 2.49. The average Bonchev–Trinajstić information content (AvgIpc) is 2.47. The summed E-state index contributed by atoms with van der Waals surface area (Å²) < 4.78 is 13.7. The minimum absolute atomic E-state index is 0.167. The van der Waals surface area contributed by atoms with Crippen LogP contribution in [0.4, 0.5) is 10.1 Å². The van der Waals surface area contributed by atoms with E-state index >= 15 is 0 Å². The van der Waals surface area contributed by atoms with Gasteiger partial charge < -0.3 is 11.1 Å². The van der Waals surface area contributed by atoms with Crippen molar-refractivity contribution in [2.24, 2.45) is 5.73 Å². The molecule has 0 aliphatic carbocycles. The number of pyridine rings is 1. The maximum Gasteiger partial charge on any atom is 0.255 e.